The molecule has 0 unspecified atom stereocenters. The standard InChI is InChI=1S/C16H14N4O2/c1-19(2)8-6-14(21)16-15(22)7-9-20(18-16)13-5-3-4-12(10-13)11-17/h3-10H,1-2H3/b8-6+. The zero-order valence-electron chi connectivity index (χ0n) is 12.2. The molecule has 2 rings (SSSR count). The minimum Gasteiger partial charge on any atom is -0.383 e. The van der Waals surface area contributed by atoms with E-state index < -0.39 is 11.2 Å². The van der Waals surface area contributed by atoms with Crippen molar-refractivity contribution in [1.82, 2.24) is 14.7 Å². The molecule has 0 bridgehead atoms. The number of nitriles is 1. The van der Waals surface area contributed by atoms with Crippen molar-refractivity contribution in [1.29, 1.82) is 5.26 Å². The molecule has 0 aliphatic heterocycles. The van der Waals surface area contributed by atoms with E-state index >= 15 is 0 Å². The fraction of sp³-hybridized carbons (Fsp3) is 0.125. The van der Waals surface area contributed by atoms with Gasteiger partial charge in [-0.3, -0.25) is 9.59 Å². The number of carbonyl (C=O) groups is 1. The third kappa shape index (κ3) is 3.46. The predicted molar refractivity (Wildman–Crippen MR) is 81.7 cm³/mol. The van der Waals surface area contributed by atoms with Crippen LogP contribution in [0.3, 0.4) is 0 Å². The molecule has 0 saturated heterocycles. The van der Waals surface area contributed by atoms with Gasteiger partial charge in [0, 0.05) is 38.6 Å². The Balaban J connectivity index is 2.44. The van der Waals surface area contributed by atoms with Crippen LogP contribution in [0.25, 0.3) is 5.69 Å². The number of aromatic nitrogens is 2. The summed E-state index contributed by atoms with van der Waals surface area (Å²) in [5.41, 5.74) is 0.465. The second kappa shape index (κ2) is 6.50. The maximum atomic E-state index is 12.0. The van der Waals surface area contributed by atoms with Crippen LogP contribution in [-0.4, -0.2) is 34.6 Å². The van der Waals surface area contributed by atoms with Crippen LogP contribution >= 0.6 is 0 Å². The van der Waals surface area contributed by atoms with Gasteiger partial charge in [-0.05, 0) is 18.2 Å². The van der Waals surface area contributed by atoms with Gasteiger partial charge in [0.2, 0.25) is 11.2 Å². The number of hydrogen-bond acceptors (Lipinski definition) is 5. The van der Waals surface area contributed by atoms with E-state index in [2.05, 4.69) is 5.10 Å². The van der Waals surface area contributed by atoms with Crippen LogP contribution in [-0.2, 0) is 0 Å². The molecule has 110 valence electrons. The number of benzene rings is 1. The Morgan fingerprint density at radius 3 is 2.82 bits per heavy atom. The van der Waals surface area contributed by atoms with Gasteiger partial charge in [-0.25, -0.2) is 4.68 Å². The van der Waals surface area contributed by atoms with Crippen LogP contribution in [0.1, 0.15) is 16.1 Å². The summed E-state index contributed by atoms with van der Waals surface area (Å²) in [6, 6.07) is 10.1. The normalized spacial score (nSPS) is 10.4. The molecule has 0 N–H and O–H groups in total. The van der Waals surface area contributed by atoms with Crippen molar-refractivity contribution in [2.75, 3.05) is 14.1 Å². The molecule has 0 amide bonds. The van der Waals surface area contributed by atoms with Crippen molar-refractivity contribution in [2.24, 2.45) is 0 Å². The maximum Gasteiger partial charge on any atom is 0.211 e. The fourth-order valence-corrected chi connectivity index (χ4v) is 1.74. The highest BCUT2D eigenvalue weighted by Crippen LogP contribution is 2.08. The minimum atomic E-state index is -0.468. The predicted octanol–water partition coefficient (Wildman–Crippen LogP) is 1.36. The third-order valence-corrected chi connectivity index (χ3v) is 2.81. The first-order valence-corrected chi connectivity index (χ1v) is 6.51. The van der Waals surface area contributed by atoms with Crippen molar-refractivity contribution in [3.63, 3.8) is 0 Å². The van der Waals surface area contributed by atoms with Gasteiger partial charge in [-0.15, -0.1) is 0 Å². The molecule has 1 heterocycles. The lowest BCUT2D eigenvalue weighted by molar-refractivity contribution is 0.103. The lowest BCUT2D eigenvalue weighted by Gasteiger charge is -2.07. The lowest BCUT2D eigenvalue weighted by Crippen LogP contribution is -2.20. The first kappa shape index (κ1) is 15.2. The summed E-state index contributed by atoms with van der Waals surface area (Å²) in [4.78, 5) is 25.5. The smallest absolute Gasteiger partial charge is 0.211 e. The van der Waals surface area contributed by atoms with Crippen LogP contribution in [0.5, 0.6) is 0 Å². The number of carbonyl (C=O) groups excluding carboxylic acids is 1. The Morgan fingerprint density at radius 2 is 2.14 bits per heavy atom. The van der Waals surface area contributed by atoms with Crippen LogP contribution in [0.15, 0.2) is 53.6 Å². The van der Waals surface area contributed by atoms with Crippen molar-refractivity contribution in [3.05, 3.63) is 70.3 Å². The van der Waals surface area contributed by atoms with Gasteiger partial charge in [-0.1, -0.05) is 6.07 Å². The Morgan fingerprint density at radius 1 is 1.36 bits per heavy atom. The monoisotopic (exact) mass is 294 g/mol. The zero-order chi connectivity index (χ0) is 16.1. The number of hydrogen-bond donors (Lipinski definition) is 0. The molecule has 6 heteroatoms. The Hall–Kier alpha value is -3.20. The summed E-state index contributed by atoms with van der Waals surface area (Å²) in [7, 11) is 3.54. The summed E-state index contributed by atoms with van der Waals surface area (Å²) >= 11 is 0. The molecule has 0 saturated carbocycles. The van der Waals surface area contributed by atoms with Gasteiger partial charge in [-0.2, -0.15) is 10.4 Å². The van der Waals surface area contributed by atoms with E-state index in [-0.39, 0.29) is 5.69 Å². The number of nitrogens with zero attached hydrogens (tertiary/aromatic N) is 4. The van der Waals surface area contributed by atoms with Gasteiger partial charge >= 0.3 is 0 Å². The maximum absolute atomic E-state index is 12.0. The molecule has 6 nitrogen and oxygen atoms in total. The molecule has 1 aromatic heterocycles. The molecule has 0 fully saturated rings. The van der Waals surface area contributed by atoms with Crippen molar-refractivity contribution in [3.8, 4) is 11.8 Å². The highest BCUT2D eigenvalue weighted by Gasteiger charge is 2.11. The summed E-state index contributed by atoms with van der Waals surface area (Å²) < 4.78 is 1.40. The van der Waals surface area contributed by atoms with Crippen LogP contribution in [0, 0.1) is 11.3 Å². The summed E-state index contributed by atoms with van der Waals surface area (Å²) in [6.45, 7) is 0. The van der Waals surface area contributed by atoms with Crippen LogP contribution in [0.2, 0.25) is 0 Å². The van der Waals surface area contributed by atoms with E-state index in [1.807, 2.05) is 6.07 Å². The van der Waals surface area contributed by atoms with Crippen LogP contribution in [0.4, 0.5) is 0 Å². The highest BCUT2D eigenvalue weighted by molar-refractivity contribution is 6.02. The molecule has 0 aliphatic rings. The van der Waals surface area contributed by atoms with E-state index in [0.717, 1.165) is 0 Å². The van der Waals surface area contributed by atoms with E-state index in [9.17, 15) is 9.59 Å². The first-order chi connectivity index (χ1) is 10.5. The molecular formula is C16H14N4O2. The zero-order valence-corrected chi connectivity index (χ0v) is 12.2. The SMILES string of the molecule is CN(C)/C=C/C(=O)c1nn(-c2cccc(C#N)c2)ccc1=O. The molecule has 2 aromatic rings. The van der Waals surface area contributed by atoms with E-state index in [0.29, 0.717) is 11.3 Å². The molecule has 0 spiro atoms. The summed E-state index contributed by atoms with van der Waals surface area (Å²) in [5, 5.41) is 13.0. The van der Waals surface area contributed by atoms with Gasteiger partial charge in [0.25, 0.3) is 0 Å². The second-order valence-corrected chi connectivity index (χ2v) is 4.78. The van der Waals surface area contributed by atoms with E-state index in [1.165, 1.54) is 23.0 Å². The van der Waals surface area contributed by atoms with Crippen molar-refractivity contribution < 1.29 is 4.79 Å². The molecule has 0 radical (unpaired) electrons. The lowest BCUT2D eigenvalue weighted by atomic mass is 10.2. The fourth-order valence-electron chi connectivity index (χ4n) is 1.74. The number of allylic oxidation sites excluding steroid dienone is 1. The van der Waals surface area contributed by atoms with Crippen LogP contribution < -0.4 is 5.43 Å². The topological polar surface area (TPSA) is 79.0 Å². The van der Waals surface area contributed by atoms with Crippen molar-refractivity contribution >= 4 is 5.78 Å². The highest BCUT2D eigenvalue weighted by atomic mass is 16.1. The van der Waals surface area contributed by atoms with Gasteiger partial charge in [0.15, 0.2) is 5.69 Å². The average Bonchev–Trinajstić information content (AvgIpc) is 2.53. The molecule has 1 aromatic carbocycles. The summed E-state index contributed by atoms with van der Waals surface area (Å²) in [5.74, 6) is -0.468. The average molecular weight is 294 g/mol. The largest absolute Gasteiger partial charge is 0.383 e. The molecular weight excluding hydrogens is 280 g/mol. The molecule has 22 heavy (non-hydrogen) atoms. The van der Waals surface area contributed by atoms with Gasteiger partial charge in [0.05, 0.1) is 17.3 Å². The second-order valence-electron chi connectivity index (χ2n) is 4.78. The first-order valence-electron chi connectivity index (χ1n) is 6.51. The van der Waals surface area contributed by atoms with E-state index in [1.54, 1.807) is 49.5 Å². The molecule has 0 aliphatic carbocycles. The molecule has 0 atom stereocenters. The van der Waals surface area contributed by atoms with Gasteiger partial charge in [0.1, 0.15) is 0 Å². The Bertz CT molecular complexity index is 829. The minimum absolute atomic E-state index is 0.164. The number of rotatable bonds is 4. The quantitative estimate of drug-likeness (QED) is 0.628. The number of ketones is 1. The van der Waals surface area contributed by atoms with Gasteiger partial charge < -0.3 is 4.90 Å². The third-order valence-electron chi connectivity index (χ3n) is 2.81. The van der Waals surface area contributed by atoms with E-state index in [4.69, 9.17) is 5.26 Å². The van der Waals surface area contributed by atoms with Crippen molar-refractivity contribution in [2.45, 2.75) is 0 Å². The summed E-state index contributed by atoms with van der Waals surface area (Å²) in [6.07, 6.45) is 4.31. The Kier molecular flexibility index (Phi) is 4.49. The Labute approximate surface area is 127 Å².